The summed E-state index contributed by atoms with van der Waals surface area (Å²) in [5, 5.41) is 10.4. The van der Waals surface area contributed by atoms with Gasteiger partial charge in [0.25, 0.3) is 0 Å². The molecule has 4 rings (SSSR count). The van der Waals surface area contributed by atoms with Gasteiger partial charge in [0.2, 0.25) is 11.8 Å². The van der Waals surface area contributed by atoms with E-state index >= 15 is 0 Å². The van der Waals surface area contributed by atoms with Crippen molar-refractivity contribution in [3.8, 4) is 0 Å². The number of hydrogen-bond acceptors (Lipinski definition) is 8. The van der Waals surface area contributed by atoms with Crippen LogP contribution < -0.4 is 0 Å². The van der Waals surface area contributed by atoms with E-state index in [2.05, 4.69) is 18.1 Å². The quantitative estimate of drug-likeness (QED) is 0.274. The maximum absolute atomic E-state index is 14.4. The molecule has 0 saturated carbocycles. The van der Waals surface area contributed by atoms with Crippen molar-refractivity contribution in [3.63, 3.8) is 0 Å². The lowest BCUT2D eigenvalue weighted by atomic mass is 9.70. The highest BCUT2D eigenvalue weighted by atomic mass is 16.6. The van der Waals surface area contributed by atoms with E-state index in [0.717, 1.165) is 19.5 Å². The Kier molecular flexibility index (Phi) is 9.28. The zero-order valence-corrected chi connectivity index (χ0v) is 22.8. The summed E-state index contributed by atoms with van der Waals surface area (Å²) in [5.74, 6) is -2.69. The smallest absolute Gasteiger partial charge is 0.312 e. The lowest BCUT2D eigenvalue weighted by Gasteiger charge is -2.41. The zero-order valence-electron chi connectivity index (χ0n) is 22.8. The zero-order chi connectivity index (χ0) is 27.4. The Balaban J connectivity index is 1.68. The van der Waals surface area contributed by atoms with Gasteiger partial charge in [-0.05, 0) is 18.8 Å². The molecule has 1 spiro atoms. The van der Waals surface area contributed by atoms with Crippen LogP contribution in [0.5, 0.6) is 0 Å². The van der Waals surface area contributed by atoms with Gasteiger partial charge in [-0.25, -0.2) is 0 Å². The topological polar surface area (TPSA) is 109 Å². The van der Waals surface area contributed by atoms with E-state index in [0.29, 0.717) is 45.7 Å². The minimum atomic E-state index is -1.13. The van der Waals surface area contributed by atoms with E-state index < -0.39 is 41.6 Å². The Morgan fingerprint density at radius 2 is 2.03 bits per heavy atom. The van der Waals surface area contributed by atoms with Crippen LogP contribution in [0.3, 0.4) is 0 Å². The van der Waals surface area contributed by atoms with E-state index in [4.69, 9.17) is 14.2 Å². The Morgan fingerprint density at radius 3 is 2.66 bits per heavy atom. The molecule has 4 heterocycles. The maximum Gasteiger partial charge on any atom is 0.312 e. The highest BCUT2D eigenvalue weighted by molar-refractivity contribution is 5.98. The first-order valence-electron chi connectivity index (χ1n) is 13.9. The fraction of sp³-hybridized carbons (Fsp3) is 0.750. The van der Waals surface area contributed by atoms with Crippen molar-refractivity contribution in [2.45, 2.75) is 56.9 Å². The van der Waals surface area contributed by atoms with Crippen molar-refractivity contribution >= 4 is 17.8 Å². The highest BCUT2D eigenvalue weighted by Gasteiger charge is 2.75. The number of amides is 2. The number of hydrogen-bond donors (Lipinski definition) is 1. The Bertz CT molecular complexity index is 907. The fourth-order valence-corrected chi connectivity index (χ4v) is 6.75. The number of esters is 1. The van der Waals surface area contributed by atoms with Crippen molar-refractivity contribution in [2.75, 3.05) is 59.2 Å². The third-order valence-electron chi connectivity index (χ3n) is 8.88. The van der Waals surface area contributed by atoms with E-state index in [1.54, 1.807) is 15.9 Å². The average Bonchev–Trinajstić information content (AvgIpc) is 3.58. The van der Waals surface area contributed by atoms with Gasteiger partial charge < -0.3 is 29.1 Å². The van der Waals surface area contributed by atoms with Crippen LogP contribution in [0.25, 0.3) is 0 Å². The van der Waals surface area contributed by atoms with Gasteiger partial charge in [0.1, 0.15) is 18.2 Å². The molecule has 7 atom stereocenters. The van der Waals surface area contributed by atoms with Gasteiger partial charge in [-0.2, -0.15) is 0 Å². The van der Waals surface area contributed by atoms with E-state index in [1.807, 2.05) is 13.8 Å². The van der Waals surface area contributed by atoms with Crippen LogP contribution in [0.15, 0.2) is 25.3 Å². The number of aliphatic hydroxyl groups excluding tert-OH is 1. The average molecular weight is 534 g/mol. The predicted molar refractivity (Wildman–Crippen MR) is 140 cm³/mol. The van der Waals surface area contributed by atoms with Gasteiger partial charge >= 0.3 is 5.97 Å². The van der Waals surface area contributed by atoms with Crippen LogP contribution >= 0.6 is 0 Å². The summed E-state index contributed by atoms with van der Waals surface area (Å²) >= 11 is 0. The molecule has 1 N–H and O–H groups in total. The first-order valence-corrected chi connectivity index (χ1v) is 13.9. The molecule has 38 heavy (non-hydrogen) atoms. The van der Waals surface area contributed by atoms with Crippen molar-refractivity contribution in [2.24, 2.45) is 17.8 Å². The Morgan fingerprint density at radius 1 is 1.29 bits per heavy atom. The minimum Gasteiger partial charge on any atom is -0.461 e. The molecule has 2 bridgehead atoms. The van der Waals surface area contributed by atoms with Crippen LogP contribution in [-0.4, -0.2) is 121 Å². The van der Waals surface area contributed by atoms with E-state index in [1.165, 1.54) is 6.08 Å². The van der Waals surface area contributed by atoms with Gasteiger partial charge in [-0.15, -0.1) is 6.58 Å². The van der Waals surface area contributed by atoms with Crippen LogP contribution in [-0.2, 0) is 28.6 Å². The molecule has 0 aliphatic carbocycles. The molecular weight excluding hydrogens is 490 g/mol. The van der Waals surface area contributed by atoms with Crippen LogP contribution in [0.1, 0.15) is 33.1 Å². The molecule has 4 fully saturated rings. The number of nitrogens with zero attached hydrogens (tertiary/aromatic N) is 3. The molecule has 2 unspecified atom stereocenters. The molecule has 4 aliphatic rings. The molecule has 10 heteroatoms. The minimum absolute atomic E-state index is 0.0445. The van der Waals surface area contributed by atoms with Gasteiger partial charge in [-0.3, -0.25) is 19.3 Å². The fourth-order valence-electron chi connectivity index (χ4n) is 6.75. The number of ether oxygens (including phenoxy) is 3. The Labute approximate surface area is 225 Å². The summed E-state index contributed by atoms with van der Waals surface area (Å²) in [6.07, 6.45) is 4.48. The summed E-state index contributed by atoms with van der Waals surface area (Å²) in [6, 6.07) is -1.50. The number of morpholine rings is 1. The van der Waals surface area contributed by atoms with Crippen molar-refractivity contribution < 1.29 is 33.7 Å². The molecule has 4 saturated heterocycles. The van der Waals surface area contributed by atoms with Crippen LogP contribution in [0, 0.1) is 17.8 Å². The number of fused-ring (bicyclic) bond motifs is 1. The van der Waals surface area contributed by atoms with E-state index in [9.17, 15) is 19.5 Å². The first kappa shape index (κ1) is 28.7. The summed E-state index contributed by atoms with van der Waals surface area (Å²) in [7, 11) is 0. The molecule has 212 valence electrons. The second kappa shape index (κ2) is 12.3. The van der Waals surface area contributed by atoms with Gasteiger partial charge in [0.05, 0.1) is 43.8 Å². The summed E-state index contributed by atoms with van der Waals surface area (Å²) in [5.41, 5.74) is -1.13. The van der Waals surface area contributed by atoms with Crippen molar-refractivity contribution in [1.29, 1.82) is 0 Å². The summed E-state index contributed by atoms with van der Waals surface area (Å²) in [6.45, 7) is 15.6. The van der Waals surface area contributed by atoms with Crippen molar-refractivity contribution in [3.05, 3.63) is 25.3 Å². The normalized spacial score (nSPS) is 32.1. The molecule has 0 aromatic carbocycles. The number of aliphatic hydroxyl groups is 1. The van der Waals surface area contributed by atoms with Crippen LogP contribution in [0.4, 0.5) is 0 Å². The molecule has 2 amide bonds. The highest BCUT2D eigenvalue weighted by Crippen LogP contribution is 2.59. The first-order chi connectivity index (χ1) is 18.3. The lowest BCUT2D eigenvalue weighted by molar-refractivity contribution is -0.156. The standard InChI is InChI=1S/C28H43N3O7/c1-5-10-30(12-11-29-13-16-36-17-14-29)26(34)24-28-9-8-21(38-28)22(27(35)37-15-6-2)23(28)25(33)31(24)20(18-32)19(4)7-3/h5-6,19-24,32H,1-2,7-18H2,3-4H3/t19-,20-,21+,22-,23-,24?,28?/m0/s1. The second-order valence-corrected chi connectivity index (χ2v) is 10.9. The van der Waals surface area contributed by atoms with E-state index in [-0.39, 0.29) is 30.9 Å². The third kappa shape index (κ3) is 5.03. The largest absolute Gasteiger partial charge is 0.461 e. The molecule has 0 aromatic rings. The van der Waals surface area contributed by atoms with Gasteiger partial charge in [0.15, 0.2) is 0 Å². The summed E-state index contributed by atoms with van der Waals surface area (Å²) in [4.78, 5) is 47.2. The molecule has 0 radical (unpaired) electrons. The monoisotopic (exact) mass is 533 g/mol. The second-order valence-electron chi connectivity index (χ2n) is 10.9. The molecule has 4 aliphatic heterocycles. The number of rotatable bonds is 13. The van der Waals surface area contributed by atoms with Gasteiger partial charge in [0, 0.05) is 32.7 Å². The Hall–Kier alpha value is -2.27. The van der Waals surface area contributed by atoms with Crippen LogP contribution in [0.2, 0.25) is 0 Å². The number of carbonyl (C=O) groups is 3. The lowest BCUT2D eigenvalue weighted by Crippen LogP contribution is -2.60. The molecule has 10 nitrogen and oxygen atoms in total. The number of carbonyl (C=O) groups excluding carboxylic acids is 3. The van der Waals surface area contributed by atoms with Gasteiger partial charge in [-0.1, -0.05) is 39.0 Å². The predicted octanol–water partition coefficient (Wildman–Crippen LogP) is 0.844. The number of likely N-dealkylation sites (tertiary alicyclic amines) is 1. The third-order valence-corrected chi connectivity index (χ3v) is 8.88. The SMILES string of the molecule is C=CCOC(=O)[C@@H]1[C@H]2C(=O)N([C@@H](CO)[C@@H](C)CC)C(C(=O)N(CC=C)CCN3CCOCC3)C23CC[C@H]1O3. The molecular formula is C28H43N3O7. The summed E-state index contributed by atoms with van der Waals surface area (Å²) < 4.78 is 17.3. The molecule has 0 aromatic heterocycles. The maximum atomic E-state index is 14.4. The van der Waals surface area contributed by atoms with Crippen molar-refractivity contribution in [1.82, 2.24) is 14.7 Å².